The number of nitrogens with two attached hydrogens (primary N) is 1. The molecule has 1 aromatic rings. The molecule has 0 saturated heterocycles. The van der Waals surface area contributed by atoms with Crippen LogP contribution in [0.4, 0.5) is 4.39 Å². The number of carbonyl (C=O) groups excluding carboxylic acids is 1. The van der Waals surface area contributed by atoms with E-state index < -0.39 is 5.82 Å². The zero-order chi connectivity index (χ0) is 13.9. The van der Waals surface area contributed by atoms with Gasteiger partial charge in [0.05, 0.1) is 12.1 Å². The van der Waals surface area contributed by atoms with Gasteiger partial charge in [0.25, 0.3) is 5.91 Å². The molecule has 1 aromatic carbocycles. The van der Waals surface area contributed by atoms with Crippen LogP contribution in [0.25, 0.3) is 0 Å². The maximum Gasteiger partial charge on any atom is 0.254 e. The van der Waals surface area contributed by atoms with Gasteiger partial charge < -0.3 is 11.1 Å². The highest BCUT2D eigenvalue weighted by atomic mass is 19.1. The molecule has 0 bridgehead atoms. The van der Waals surface area contributed by atoms with E-state index in [1.807, 2.05) is 0 Å². The van der Waals surface area contributed by atoms with Gasteiger partial charge in [-0.05, 0) is 36.5 Å². The van der Waals surface area contributed by atoms with E-state index in [2.05, 4.69) is 24.1 Å². The predicted molar refractivity (Wildman–Crippen MR) is 72.0 cm³/mol. The van der Waals surface area contributed by atoms with Crippen molar-refractivity contribution in [3.05, 3.63) is 35.1 Å². The minimum absolute atomic E-state index is 0.0353. The van der Waals surface area contributed by atoms with Crippen LogP contribution in [0, 0.1) is 23.1 Å². The van der Waals surface area contributed by atoms with Gasteiger partial charge >= 0.3 is 0 Å². The van der Waals surface area contributed by atoms with Gasteiger partial charge in [0.1, 0.15) is 5.82 Å². The van der Waals surface area contributed by atoms with Crippen molar-refractivity contribution >= 4 is 5.91 Å². The van der Waals surface area contributed by atoms with Gasteiger partial charge in [-0.2, -0.15) is 0 Å². The fourth-order valence-electron chi connectivity index (χ4n) is 1.71. The van der Waals surface area contributed by atoms with Crippen LogP contribution in [0.15, 0.2) is 18.2 Å². The number of carbonyl (C=O) groups is 1. The molecule has 1 fully saturated rings. The summed E-state index contributed by atoms with van der Waals surface area (Å²) in [6.45, 7) is 2.92. The lowest BCUT2D eigenvalue weighted by atomic mass is 10.1. The van der Waals surface area contributed by atoms with Crippen LogP contribution in [-0.2, 0) is 0 Å². The average molecular weight is 260 g/mol. The molecule has 0 unspecified atom stereocenters. The SMILES string of the molecule is CC1(CNC(=O)c2cc(C#CCN)ccc2F)CC1. The highest BCUT2D eigenvalue weighted by Crippen LogP contribution is 2.44. The summed E-state index contributed by atoms with van der Waals surface area (Å²) in [7, 11) is 0. The molecule has 0 spiro atoms. The van der Waals surface area contributed by atoms with E-state index in [0.29, 0.717) is 12.1 Å². The summed E-state index contributed by atoms with van der Waals surface area (Å²) in [5.41, 5.74) is 6.10. The van der Waals surface area contributed by atoms with Crippen LogP contribution in [0.2, 0.25) is 0 Å². The van der Waals surface area contributed by atoms with Gasteiger partial charge in [0.15, 0.2) is 0 Å². The normalized spacial score (nSPS) is 15.3. The zero-order valence-electron chi connectivity index (χ0n) is 10.9. The van der Waals surface area contributed by atoms with Crippen molar-refractivity contribution in [2.45, 2.75) is 19.8 Å². The Hall–Kier alpha value is -1.86. The highest BCUT2D eigenvalue weighted by molar-refractivity contribution is 5.94. The number of hydrogen-bond donors (Lipinski definition) is 2. The first-order valence-electron chi connectivity index (χ1n) is 6.31. The second-order valence-corrected chi connectivity index (χ2v) is 5.19. The number of halogens is 1. The average Bonchev–Trinajstić information content (AvgIpc) is 3.13. The second-order valence-electron chi connectivity index (χ2n) is 5.19. The summed E-state index contributed by atoms with van der Waals surface area (Å²) < 4.78 is 13.6. The molecular weight excluding hydrogens is 243 g/mol. The van der Waals surface area contributed by atoms with Crippen LogP contribution in [0.3, 0.4) is 0 Å². The quantitative estimate of drug-likeness (QED) is 0.812. The first-order valence-corrected chi connectivity index (χ1v) is 6.31. The van der Waals surface area contributed by atoms with E-state index in [-0.39, 0.29) is 23.4 Å². The molecule has 0 atom stereocenters. The van der Waals surface area contributed by atoms with Crippen molar-refractivity contribution in [2.24, 2.45) is 11.1 Å². The largest absolute Gasteiger partial charge is 0.351 e. The topological polar surface area (TPSA) is 55.1 Å². The van der Waals surface area contributed by atoms with Crippen molar-refractivity contribution < 1.29 is 9.18 Å². The molecule has 100 valence electrons. The van der Waals surface area contributed by atoms with Gasteiger partial charge in [-0.15, -0.1) is 0 Å². The number of nitrogens with one attached hydrogen (secondary N) is 1. The van der Waals surface area contributed by atoms with Crippen LogP contribution < -0.4 is 11.1 Å². The summed E-state index contributed by atoms with van der Waals surface area (Å²) in [6.07, 6.45) is 2.22. The molecule has 19 heavy (non-hydrogen) atoms. The number of rotatable bonds is 3. The molecule has 1 amide bonds. The standard InChI is InChI=1S/C15H17FN2O/c1-15(6-7-15)10-18-14(19)12-9-11(3-2-8-17)4-5-13(12)16/h4-5,9H,6-8,10,17H2,1H3,(H,18,19). The second kappa shape index (κ2) is 5.41. The maximum atomic E-state index is 13.6. The van der Waals surface area contributed by atoms with Gasteiger partial charge in [0.2, 0.25) is 0 Å². The van der Waals surface area contributed by atoms with Gasteiger partial charge in [-0.25, -0.2) is 4.39 Å². The van der Waals surface area contributed by atoms with E-state index in [0.717, 1.165) is 12.8 Å². The third-order valence-electron chi connectivity index (χ3n) is 3.33. The fourth-order valence-corrected chi connectivity index (χ4v) is 1.71. The Kier molecular flexibility index (Phi) is 3.87. The Bertz CT molecular complexity index is 553. The summed E-state index contributed by atoms with van der Waals surface area (Å²) in [5, 5.41) is 2.77. The van der Waals surface area contributed by atoms with Crippen LogP contribution in [0.1, 0.15) is 35.7 Å². The highest BCUT2D eigenvalue weighted by Gasteiger charge is 2.37. The molecule has 1 saturated carbocycles. The Morgan fingerprint density at radius 2 is 2.26 bits per heavy atom. The van der Waals surface area contributed by atoms with E-state index in [1.54, 1.807) is 0 Å². The van der Waals surface area contributed by atoms with Crippen molar-refractivity contribution in [3.63, 3.8) is 0 Å². The van der Waals surface area contributed by atoms with E-state index in [9.17, 15) is 9.18 Å². The molecule has 3 N–H and O–H groups in total. The summed E-state index contributed by atoms with van der Waals surface area (Å²) in [4.78, 5) is 11.9. The monoisotopic (exact) mass is 260 g/mol. The molecule has 0 heterocycles. The summed E-state index contributed by atoms with van der Waals surface area (Å²) >= 11 is 0. The van der Waals surface area contributed by atoms with Crippen molar-refractivity contribution in [1.29, 1.82) is 0 Å². The van der Waals surface area contributed by atoms with Crippen LogP contribution in [-0.4, -0.2) is 19.0 Å². The molecule has 0 aliphatic heterocycles. The number of amides is 1. The maximum absolute atomic E-state index is 13.6. The van der Waals surface area contributed by atoms with E-state index >= 15 is 0 Å². The number of benzene rings is 1. The Balaban J connectivity index is 2.10. The van der Waals surface area contributed by atoms with Gasteiger partial charge in [-0.3, -0.25) is 4.79 Å². The Morgan fingerprint density at radius 3 is 2.89 bits per heavy atom. The van der Waals surface area contributed by atoms with Crippen molar-refractivity contribution in [1.82, 2.24) is 5.32 Å². The molecule has 1 aliphatic rings. The first kappa shape index (κ1) is 13.6. The molecule has 2 rings (SSSR count). The Labute approximate surface area is 112 Å². The lowest BCUT2D eigenvalue weighted by Crippen LogP contribution is -2.29. The van der Waals surface area contributed by atoms with Crippen molar-refractivity contribution in [2.75, 3.05) is 13.1 Å². The predicted octanol–water partition coefficient (Wildman–Crippen LogP) is 1.67. The minimum atomic E-state index is -0.531. The third-order valence-corrected chi connectivity index (χ3v) is 3.33. The number of hydrogen-bond acceptors (Lipinski definition) is 2. The summed E-state index contributed by atoms with van der Waals surface area (Å²) in [6, 6.07) is 4.26. The fraction of sp³-hybridized carbons (Fsp3) is 0.400. The molecule has 4 heteroatoms. The third kappa shape index (κ3) is 3.55. The van der Waals surface area contributed by atoms with Gasteiger partial charge in [-0.1, -0.05) is 18.8 Å². The first-order chi connectivity index (χ1) is 9.04. The Morgan fingerprint density at radius 1 is 1.53 bits per heavy atom. The van der Waals surface area contributed by atoms with E-state index in [1.165, 1.54) is 18.2 Å². The smallest absolute Gasteiger partial charge is 0.254 e. The molecular formula is C15H17FN2O. The van der Waals surface area contributed by atoms with Crippen molar-refractivity contribution in [3.8, 4) is 11.8 Å². The lowest BCUT2D eigenvalue weighted by Gasteiger charge is -2.10. The van der Waals surface area contributed by atoms with Crippen LogP contribution >= 0.6 is 0 Å². The van der Waals surface area contributed by atoms with E-state index in [4.69, 9.17) is 5.73 Å². The molecule has 0 radical (unpaired) electrons. The van der Waals surface area contributed by atoms with Gasteiger partial charge in [0, 0.05) is 12.1 Å². The minimum Gasteiger partial charge on any atom is -0.351 e. The molecule has 3 nitrogen and oxygen atoms in total. The van der Waals surface area contributed by atoms with Crippen LogP contribution in [0.5, 0.6) is 0 Å². The zero-order valence-corrected chi connectivity index (χ0v) is 10.9. The molecule has 0 aromatic heterocycles. The molecule has 1 aliphatic carbocycles. The lowest BCUT2D eigenvalue weighted by molar-refractivity contribution is 0.0942. The summed E-state index contributed by atoms with van der Waals surface area (Å²) in [5.74, 6) is 4.55.